The van der Waals surface area contributed by atoms with Crippen LogP contribution in [0.3, 0.4) is 0 Å². The molecule has 0 spiro atoms. The molecule has 0 aliphatic carbocycles. The number of amides is 1. The van der Waals surface area contributed by atoms with Gasteiger partial charge in [0.2, 0.25) is 0 Å². The second-order valence-electron chi connectivity index (χ2n) is 7.30. The number of anilines is 1. The lowest BCUT2D eigenvalue weighted by Crippen LogP contribution is -2.29. The van der Waals surface area contributed by atoms with E-state index in [1.807, 2.05) is 18.4 Å². The lowest BCUT2D eigenvalue weighted by molar-refractivity contribution is -0.132. The first-order valence-corrected chi connectivity index (χ1v) is 11.1. The van der Waals surface area contributed by atoms with E-state index in [9.17, 15) is 19.1 Å². The third-order valence-corrected chi connectivity index (χ3v) is 6.80. The number of carbonyl (C=O) groups excluding carboxylic acids is 2. The number of methoxy groups -OCH3 is 2. The third-order valence-electron chi connectivity index (χ3n) is 5.43. The molecule has 1 fully saturated rings. The number of rotatable bonds is 5. The van der Waals surface area contributed by atoms with Gasteiger partial charge in [0.05, 0.1) is 30.4 Å². The molecule has 3 aromatic rings. The van der Waals surface area contributed by atoms with Crippen molar-refractivity contribution >= 4 is 46.1 Å². The van der Waals surface area contributed by atoms with Gasteiger partial charge in [0.15, 0.2) is 0 Å². The van der Waals surface area contributed by atoms with Gasteiger partial charge in [-0.05, 0) is 54.3 Å². The van der Waals surface area contributed by atoms with Crippen molar-refractivity contribution in [3.05, 3.63) is 80.3 Å². The molecular weight excluding hydrogens is 469 g/mol. The van der Waals surface area contributed by atoms with Gasteiger partial charge in [-0.15, -0.1) is 11.3 Å². The van der Waals surface area contributed by atoms with Gasteiger partial charge in [-0.25, -0.2) is 4.39 Å². The number of ketones is 1. The number of hydrogen-bond acceptors (Lipinski definition) is 6. The smallest absolute Gasteiger partial charge is 0.300 e. The van der Waals surface area contributed by atoms with E-state index in [4.69, 9.17) is 21.1 Å². The minimum absolute atomic E-state index is 0.116. The van der Waals surface area contributed by atoms with Crippen molar-refractivity contribution < 1.29 is 28.6 Å². The van der Waals surface area contributed by atoms with Gasteiger partial charge >= 0.3 is 0 Å². The molecule has 0 bridgehead atoms. The Morgan fingerprint density at radius 2 is 1.76 bits per heavy atom. The Labute approximate surface area is 198 Å². The number of halogens is 2. The Morgan fingerprint density at radius 3 is 2.33 bits per heavy atom. The van der Waals surface area contributed by atoms with Crippen LogP contribution in [0.1, 0.15) is 22.0 Å². The topological polar surface area (TPSA) is 76.1 Å². The van der Waals surface area contributed by atoms with Crippen molar-refractivity contribution in [1.29, 1.82) is 0 Å². The van der Waals surface area contributed by atoms with Crippen LogP contribution in [0.5, 0.6) is 11.5 Å². The Balaban J connectivity index is 1.98. The van der Waals surface area contributed by atoms with Gasteiger partial charge in [0.1, 0.15) is 29.1 Å². The van der Waals surface area contributed by atoms with E-state index < -0.39 is 29.3 Å². The van der Waals surface area contributed by atoms with Crippen LogP contribution in [0.4, 0.5) is 10.1 Å². The fourth-order valence-corrected chi connectivity index (χ4v) is 5.07. The Kier molecular flexibility index (Phi) is 6.14. The fourth-order valence-electron chi connectivity index (χ4n) is 3.80. The zero-order valence-corrected chi connectivity index (χ0v) is 19.5. The average Bonchev–Trinajstić information content (AvgIpc) is 3.34. The molecule has 9 heteroatoms. The minimum Gasteiger partial charge on any atom is -0.507 e. The van der Waals surface area contributed by atoms with Crippen LogP contribution in [0, 0.1) is 12.7 Å². The van der Waals surface area contributed by atoms with Gasteiger partial charge in [0, 0.05) is 16.6 Å². The van der Waals surface area contributed by atoms with Gasteiger partial charge in [-0.3, -0.25) is 14.5 Å². The number of aliphatic hydroxyl groups is 1. The van der Waals surface area contributed by atoms with E-state index >= 15 is 0 Å². The number of ether oxygens (including phenoxy) is 2. The molecule has 2 heterocycles. The maximum atomic E-state index is 13.5. The van der Waals surface area contributed by atoms with Crippen LogP contribution >= 0.6 is 22.9 Å². The summed E-state index contributed by atoms with van der Waals surface area (Å²) in [4.78, 5) is 28.3. The van der Waals surface area contributed by atoms with Crippen molar-refractivity contribution in [3.8, 4) is 11.5 Å². The van der Waals surface area contributed by atoms with Crippen molar-refractivity contribution in [3.63, 3.8) is 0 Å². The molecule has 0 radical (unpaired) electrons. The summed E-state index contributed by atoms with van der Waals surface area (Å²) in [6.07, 6.45) is 0. The number of aliphatic hydroxyl groups excluding tert-OH is 1. The normalized spacial score (nSPS) is 17.5. The molecule has 1 amide bonds. The van der Waals surface area contributed by atoms with Crippen molar-refractivity contribution in [2.24, 2.45) is 0 Å². The summed E-state index contributed by atoms with van der Waals surface area (Å²) in [6.45, 7) is 1.85. The van der Waals surface area contributed by atoms with Crippen molar-refractivity contribution in [1.82, 2.24) is 0 Å². The molecule has 1 aliphatic heterocycles. The van der Waals surface area contributed by atoms with E-state index in [1.165, 1.54) is 66.9 Å². The van der Waals surface area contributed by atoms with Crippen LogP contribution in [0.25, 0.3) is 5.76 Å². The molecule has 1 atom stereocenters. The summed E-state index contributed by atoms with van der Waals surface area (Å²) < 4.78 is 24.1. The Bertz CT molecular complexity index is 1280. The average molecular weight is 488 g/mol. The quantitative estimate of drug-likeness (QED) is 0.292. The summed E-state index contributed by atoms with van der Waals surface area (Å²) in [7, 11) is 2.84. The largest absolute Gasteiger partial charge is 0.507 e. The highest BCUT2D eigenvalue weighted by molar-refractivity contribution is 7.10. The number of carbonyl (C=O) groups is 2. The molecular formula is C24H19ClFNO5S. The molecule has 6 nitrogen and oxygen atoms in total. The fraction of sp³-hybridized carbons (Fsp3) is 0.167. The number of hydrogen-bond donors (Lipinski definition) is 1. The lowest BCUT2D eigenvalue weighted by atomic mass is 9.97. The Hall–Kier alpha value is -3.36. The molecule has 2 aromatic carbocycles. The molecule has 1 N–H and O–H groups in total. The molecule has 1 saturated heterocycles. The van der Waals surface area contributed by atoms with Crippen LogP contribution < -0.4 is 14.4 Å². The second-order valence-corrected chi connectivity index (χ2v) is 8.66. The number of nitrogens with zero attached hydrogens (tertiary/aromatic N) is 1. The molecule has 1 aliphatic rings. The van der Waals surface area contributed by atoms with Gasteiger partial charge < -0.3 is 14.6 Å². The van der Waals surface area contributed by atoms with Crippen LogP contribution in [-0.2, 0) is 9.59 Å². The Morgan fingerprint density at radius 1 is 1.09 bits per heavy atom. The number of benzene rings is 2. The summed E-state index contributed by atoms with van der Waals surface area (Å²) in [5.74, 6) is -2.08. The summed E-state index contributed by atoms with van der Waals surface area (Å²) >= 11 is 7.61. The highest BCUT2D eigenvalue weighted by atomic mass is 35.5. The zero-order valence-electron chi connectivity index (χ0n) is 17.9. The highest BCUT2D eigenvalue weighted by Gasteiger charge is 2.48. The highest BCUT2D eigenvalue weighted by Crippen LogP contribution is 2.46. The molecule has 33 heavy (non-hydrogen) atoms. The molecule has 170 valence electrons. The van der Waals surface area contributed by atoms with Crippen LogP contribution in [0.15, 0.2) is 53.4 Å². The summed E-state index contributed by atoms with van der Waals surface area (Å²) in [5, 5.41) is 13.3. The van der Waals surface area contributed by atoms with Gasteiger partial charge in [-0.2, -0.15) is 0 Å². The number of aryl methyl sites for hydroxylation is 1. The van der Waals surface area contributed by atoms with E-state index in [2.05, 4.69) is 0 Å². The minimum atomic E-state index is -0.916. The predicted molar refractivity (Wildman–Crippen MR) is 125 cm³/mol. The van der Waals surface area contributed by atoms with E-state index in [0.29, 0.717) is 16.3 Å². The third kappa shape index (κ3) is 3.85. The number of Topliss-reactive ketones (excluding diaryl/α,β-unsaturated/α-hetero) is 1. The SMILES string of the molecule is COc1cc(OC)c(/C(O)=C2\C(=O)C(=O)N(c3ccc(F)cc3)C2c2sccc2C)cc1Cl. The monoisotopic (exact) mass is 487 g/mol. The number of thiophene rings is 1. The van der Waals surface area contributed by atoms with E-state index in [-0.39, 0.29) is 21.9 Å². The maximum absolute atomic E-state index is 13.5. The van der Waals surface area contributed by atoms with Gasteiger partial charge in [0.25, 0.3) is 11.7 Å². The van der Waals surface area contributed by atoms with Crippen molar-refractivity contribution in [2.45, 2.75) is 13.0 Å². The van der Waals surface area contributed by atoms with E-state index in [1.54, 1.807) is 0 Å². The molecule has 1 aromatic heterocycles. The van der Waals surface area contributed by atoms with Crippen LogP contribution in [0.2, 0.25) is 5.02 Å². The second kappa shape index (κ2) is 8.88. The maximum Gasteiger partial charge on any atom is 0.300 e. The first kappa shape index (κ1) is 22.8. The van der Waals surface area contributed by atoms with Gasteiger partial charge in [-0.1, -0.05) is 11.6 Å². The van der Waals surface area contributed by atoms with Crippen LogP contribution in [-0.4, -0.2) is 31.0 Å². The molecule has 1 unspecified atom stereocenters. The lowest BCUT2D eigenvalue weighted by Gasteiger charge is -2.25. The molecule has 4 rings (SSSR count). The van der Waals surface area contributed by atoms with E-state index in [0.717, 1.165) is 5.56 Å². The van der Waals surface area contributed by atoms with Crippen molar-refractivity contribution in [2.75, 3.05) is 19.1 Å². The summed E-state index contributed by atoms with van der Waals surface area (Å²) in [6, 6.07) is 9.09. The first-order valence-electron chi connectivity index (χ1n) is 9.81. The molecule has 0 saturated carbocycles. The predicted octanol–water partition coefficient (Wildman–Crippen LogP) is 5.49. The standard InChI is InChI=1S/C24H19ClFNO5S/c1-12-8-9-33-23(12)20-19(21(28)15-10-16(25)18(32-3)11-17(15)31-2)22(29)24(30)27(20)14-6-4-13(26)5-7-14/h4-11,20,28H,1-3H3/b21-19+. The zero-order chi connectivity index (χ0) is 23.9. The first-order chi connectivity index (χ1) is 15.8. The summed E-state index contributed by atoms with van der Waals surface area (Å²) in [5.41, 5.74) is 1.19.